The molecule has 5 heteroatoms. The first-order chi connectivity index (χ1) is 5.88. The van der Waals surface area contributed by atoms with Gasteiger partial charge in [-0.1, -0.05) is 0 Å². The largest absolute Gasteiger partial charge is 0.401 e. The lowest BCUT2D eigenvalue weighted by molar-refractivity contribution is -0.145. The molecule has 78 valence electrons. The number of alkyl halides is 3. The minimum Gasteiger partial charge on any atom is -0.392 e. The Morgan fingerprint density at radius 2 is 2.00 bits per heavy atom. The summed E-state index contributed by atoms with van der Waals surface area (Å²) >= 11 is 0. The molecule has 1 saturated carbocycles. The average Bonchev–Trinajstić information content (AvgIpc) is 2.60. The molecule has 0 aromatic heterocycles. The summed E-state index contributed by atoms with van der Waals surface area (Å²) in [5.74, 6) is 0.232. The second-order valence-corrected chi connectivity index (χ2v) is 3.72. The second kappa shape index (κ2) is 3.84. The normalized spacial score (nSPS) is 20.8. The summed E-state index contributed by atoms with van der Waals surface area (Å²) in [7, 11) is 1.37. The van der Waals surface area contributed by atoms with E-state index >= 15 is 0 Å². The first-order valence-electron chi connectivity index (χ1n) is 4.32. The predicted molar refractivity (Wildman–Crippen MR) is 42.3 cm³/mol. The van der Waals surface area contributed by atoms with E-state index in [0.29, 0.717) is 0 Å². The van der Waals surface area contributed by atoms with Crippen molar-refractivity contribution < 1.29 is 18.3 Å². The Labute approximate surface area is 75.3 Å². The average molecular weight is 197 g/mol. The molecular weight excluding hydrogens is 183 g/mol. The Kier molecular flexibility index (Phi) is 3.18. The standard InChI is InChI=1S/C8H14F3NO/c1-12(5-8(9,10)11)4-7(13)6-2-3-6/h6-7,13H,2-5H2,1H3. The number of rotatable bonds is 4. The summed E-state index contributed by atoms with van der Waals surface area (Å²) in [4.78, 5) is 1.11. The van der Waals surface area contributed by atoms with Gasteiger partial charge in [0.05, 0.1) is 12.6 Å². The van der Waals surface area contributed by atoms with E-state index in [4.69, 9.17) is 0 Å². The maximum absolute atomic E-state index is 11.8. The Bertz CT molecular complexity index is 167. The third kappa shape index (κ3) is 4.47. The van der Waals surface area contributed by atoms with Crippen LogP contribution in [-0.2, 0) is 0 Å². The summed E-state index contributed by atoms with van der Waals surface area (Å²) < 4.78 is 35.5. The molecule has 0 spiro atoms. The van der Waals surface area contributed by atoms with E-state index in [2.05, 4.69) is 0 Å². The molecule has 0 radical (unpaired) electrons. The van der Waals surface area contributed by atoms with E-state index in [1.54, 1.807) is 0 Å². The second-order valence-electron chi connectivity index (χ2n) is 3.72. The van der Waals surface area contributed by atoms with Gasteiger partial charge in [0.1, 0.15) is 0 Å². The molecule has 2 nitrogen and oxygen atoms in total. The molecule has 1 aliphatic carbocycles. The van der Waals surface area contributed by atoms with Crippen molar-refractivity contribution in [2.24, 2.45) is 5.92 Å². The van der Waals surface area contributed by atoms with Crippen molar-refractivity contribution in [3.63, 3.8) is 0 Å². The highest BCUT2D eigenvalue weighted by atomic mass is 19.4. The van der Waals surface area contributed by atoms with Crippen LogP contribution >= 0.6 is 0 Å². The minimum absolute atomic E-state index is 0.115. The lowest BCUT2D eigenvalue weighted by Crippen LogP contribution is -2.37. The summed E-state index contributed by atoms with van der Waals surface area (Å²) in [6, 6.07) is 0. The van der Waals surface area contributed by atoms with Crippen LogP contribution in [0.1, 0.15) is 12.8 Å². The van der Waals surface area contributed by atoms with Crippen molar-refractivity contribution in [2.75, 3.05) is 20.1 Å². The van der Waals surface area contributed by atoms with Crippen LogP contribution in [0.5, 0.6) is 0 Å². The van der Waals surface area contributed by atoms with Crippen molar-refractivity contribution in [1.29, 1.82) is 0 Å². The zero-order valence-corrected chi connectivity index (χ0v) is 7.51. The first kappa shape index (κ1) is 10.8. The molecule has 0 amide bonds. The van der Waals surface area contributed by atoms with Gasteiger partial charge in [-0.05, 0) is 25.8 Å². The smallest absolute Gasteiger partial charge is 0.392 e. The molecule has 1 atom stereocenters. The van der Waals surface area contributed by atoms with Crippen molar-refractivity contribution in [3.05, 3.63) is 0 Å². The predicted octanol–water partition coefficient (Wildman–Crippen LogP) is 1.25. The van der Waals surface area contributed by atoms with Crippen LogP contribution < -0.4 is 0 Å². The number of likely N-dealkylation sites (N-methyl/N-ethyl adjacent to an activating group) is 1. The molecule has 1 unspecified atom stereocenters. The molecule has 0 aliphatic heterocycles. The van der Waals surface area contributed by atoms with Gasteiger partial charge in [0.2, 0.25) is 0 Å². The summed E-state index contributed by atoms with van der Waals surface area (Å²) in [5, 5.41) is 9.35. The van der Waals surface area contributed by atoms with E-state index in [9.17, 15) is 18.3 Å². The van der Waals surface area contributed by atoms with Crippen LogP contribution in [0.15, 0.2) is 0 Å². The van der Waals surface area contributed by atoms with Gasteiger partial charge in [-0.3, -0.25) is 4.90 Å². The highest BCUT2D eigenvalue weighted by Gasteiger charge is 2.33. The molecule has 0 aromatic carbocycles. The molecule has 1 N–H and O–H groups in total. The molecular formula is C8H14F3NO. The van der Waals surface area contributed by atoms with Crippen molar-refractivity contribution >= 4 is 0 Å². The quantitative estimate of drug-likeness (QED) is 0.733. The fraction of sp³-hybridized carbons (Fsp3) is 1.00. The summed E-state index contributed by atoms with van der Waals surface area (Å²) in [6.45, 7) is -0.832. The third-order valence-electron chi connectivity index (χ3n) is 2.11. The van der Waals surface area contributed by atoms with Gasteiger partial charge in [-0.15, -0.1) is 0 Å². The Morgan fingerprint density at radius 1 is 1.46 bits per heavy atom. The first-order valence-corrected chi connectivity index (χ1v) is 4.32. The molecule has 1 aliphatic rings. The number of aliphatic hydroxyl groups excluding tert-OH is 1. The molecule has 13 heavy (non-hydrogen) atoms. The Hall–Kier alpha value is -0.290. The fourth-order valence-corrected chi connectivity index (χ4v) is 1.32. The van der Waals surface area contributed by atoms with E-state index in [1.165, 1.54) is 7.05 Å². The fourth-order valence-electron chi connectivity index (χ4n) is 1.32. The highest BCUT2D eigenvalue weighted by Crippen LogP contribution is 2.32. The monoisotopic (exact) mass is 197 g/mol. The van der Waals surface area contributed by atoms with Gasteiger partial charge >= 0.3 is 6.18 Å². The van der Waals surface area contributed by atoms with Gasteiger partial charge in [-0.25, -0.2) is 0 Å². The number of hydrogen-bond donors (Lipinski definition) is 1. The molecule has 1 fully saturated rings. The zero-order valence-electron chi connectivity index (χ0n) is 7.51. The van der Waals surface area contributed by atoms with E-state index in [0.717, 1.165) is 17.7 Å². The molecule has 0 bridgehead atoms. The third-order valence-corrected chi connectivity index (χ3v) is 2.11. The molecule has 0 saturated heterocycles. The van der Waals surface area contributed by atoms with Crippen molar-refractivity contribution in [2.45, 2.75) is 25.1 Å². The van der Waals surface area contributed by atoms with Crippen molar-refractivity contribution in [3.8, 4) is 0 Å². The van der Waals surface area contributed by atoms with Gasteiger partial charge in [0.15, 0.2) is 0 Å². The lowest BCUT2D eigenvalue weighted by Gasteiger charge is -2.21. The van der Waals surface area contributed by atoms with Crippen LogP contribution in [-0.4, -0.2) is 42.4 Å². The Morgan fingerprint density at radius 3 is 2.38 bits per heavy atom. The van der Waals surface area contributed by atoms with Gasteiger partial charge < -0.3 is 5.11 Å². The zero-order chi connectivity index (χ0) is 10.1. The van der Waals surface area contributed by atoms with Crippen LogP contribution in [0.2, 0.25) is 0 Å². The van der Waals surface area contributed by atoms with Crippen LogP contribution in [0.3, 0.4) is 0 Å². The van der Waals surface area contributed by atoms with Gasteiger partial charge in [0.25, 0.3) is 0 Å². The van der Waals surface area contributed by atoms with Crippen molar-refractivity contribution in [1.82, 2.24) is 4.90 Å². The minimum atomic E-state index is -4.17. The molecule has 0 aromatic rings. The number of halogens is 3. The number of hydrogen-bond acceptors (Lipinski definition) is 2. The lowest BCUT2D eigenvalue weighted by atomic mass is 10.2. The van der Waals surface area contributed by atoms with Crippen LogP contribution in [0, 0.1) is 5.92 Å². The van der Waals surface area contributed by atoms with Gasteiger partial charge in [0, 0.05) is 6.54 Å². The van der Waals surface area contributed by atoms with E-state index < -0.39 is 18.8 Å². The van der Waals surface area contributed by atoms with E-state index in [-0.39, 0.29) is 12.5 Å². The Balaban J connectivity index is 2.19. The van der Waals surface area contributed by atoms with E-state index in [1.807, 2.05) is 0 Å². The molecule has 1 rings (SSSR count). The SMILES string of the molecule is CN(CC(O)C1CC1)CC(F)(F)F. The highest BCUT2D eigenvalue weighted by molar-refractivity contribution is 4.82. The molecule has 0 heterocycles. The maximum Gasteiger partial charge on any atom is 0.401 e. The number of nitrogens with zero attached hydrogens (tertiary/aromatic N) is 1. The van der Waals surface area contributed by atoms with Gasteiger partial charge in [-0.2, -0.15) is 13.2 Å². The van der Waals surface area contributed by atoms with Crippen LogP contribution in [0.25, 0.3) is 0 Å². The topological polar surface area (TPSA) is 23.5 Å². The summed E-state index contributed by atoms with van der Waals surface area (Å²) in [5.41, 5.74) is 0. The van der Waals surface area contributed by atoms with Crippen LogP contribution in [0.4, 0.5) is 13.2 Å². The summed E-state index contributed by atoms with van der Waals surface area (Å²) in [6.07, 6.45) is -2.87. The number of aliphatic hydroxyl groups is 1. The maximum atomic E-state index is 11.8.